The number of nitrogen functional groups attached to an aromatic ring is 1. The molecule has 15 heavy (non-hydrogen) atoms. The highest BCUT2D eigenvalue weighted by molar-refractivity contribution is 5.19. The zero-order valence-corrected chi connectivity index (χ0v) is 8.08. The van der Waals surface area contributed by atoms with Gasteiger partial charge < -0.3 is 20.7 Å². The molecule has 1 aliphatic heterocycles. The first-order valence-electron chi connectivity index (χ1n) is 4.72. The summed E-state index contributed by atoms with van der Waals surface area (Å²) in [5.74, 6) is 0.205. The van der Waals surface area contributed by atoms with Crippen molar-refractivity contribution in [3.63, 3.8) is 0 Å². The van der Waals surface area contributed by atoms with E-state index in [4.69, 9.17) is 15.6 Å². The molecule has 0 aliphatic carbocycles. The number of ether oxygens (including phenoxy) is 1. The van der Waals surface area contributed by atoms with E-state index in [0.29, 0.717) is 6.42 Å². The van der Waals surface area contributed by atoms with Crippen LogP contribution in [0.5, 0.6) is 0 Å². The number of aliphatic hydroxyl groups excluding tert-OH is 2. The molecule has 4 N–H and O–H groups in total. The minimum absolute atomic E-state index is 0.187. The molecule has 3 atom stereocenters. The molecule has 0 aromatic carbocycles. The van der Waals surface area contributed by atoms with Crippen LogP contribution in [-0.2, 0) is 4.74 Å². The Labute approximate surface area is 86.7 Å². The maximum atomic E-state index is 9.52. The van der Waals surface area contributed by atoms with Crippen molar-refractivity contribution in [2.45, 2.75) is 24.7 Å². The summed E-state index contributed by atoms with van der Waals surface area (Å²) in [6.07, 6.45) is 2.15. The van der Waals surface area contributed by atoms with Gasteiger partial charge in [0.1, 0.15) is 6.10 Å². The van der Waals surface area contributed by atoms with Gasteiger partial charge >= 0.3 is 0 Å². The Kier molecular flexibility index (Phi) is 2.81. The molecule has 0 saturated carbocycles. The third-order valence-corrected chi connectivity index (χ3v) is 2.47. The summed E-state index contributed by atoms with van der Waals surface area (Å²) >= 11 is 0. The molecule has 0 radical (unpaired) electrons. The standard InChI is InChI=1S/C9H13N3O3/c10-9-11-2-5(3-12-9)7-1-6(14)8(4-13)15-7/h2-3,6-8,13-14H,1,4H2,(H2,10,11,12)/t6-,7-,8-/m1/s1. The number of aromatic nitrogens is 2. The van der Waals surface area contributed by atoms with Gasteiger partial charge in [-0.25, -0.2) is 9.97 Å². The van der Waals surface area contributed by atoms with Crippen LogP contribution in [-0.4, -0.2) is 39.0 Å². The molecule has 6 nitrogen and oxygen atoms in total. The summed E-state index contributed by atoms with van der Waals surface area (Å²) in [5, 5.41) is 18.4. The number of nitrogens with two attached hydrogens (primary N) is 1. The van der Waals surface area contributed by atoms with Gasteiger partial charge in [-0.2, -0.15) is 0 Å². The van der Waals surface area contributed by atoms with E-state index in [9.17, 15) is 5.11 Å². The van der Waals surface area contributed by atoms with Gasteiger partial charge in [0.05, 0.1) is 18.8 Å². The second-order valence-electron chi connectivity index (χ2n) is 3.52. The summed E-state index contributed by atoms with van der Waals surface area (Å²) in [4.78, 5) is 7.68. The van der Waals surface area contributed by atoms with Crippen molar-refractivity contribution in [3.05, 3.63) is 18.0 Å². The smallest absolute Gasteiger partial charge is 0.219 e. The number of hydrogen-bond donors (Lipinski definition) is 3. The fourth-order valence-corrected chi connectivity index (χ4v) is 1.62. The Morgan fingerprint density at radius 3 is 2.67 bits per heavy atom. The Hall–Kier alpha value is -1.24. The molecule has 2 heterocycles. The van der Waals surface area contributed by atoms with E-state index < -0.39 is 12.2 Å². The van der Waals surface area contributed by atoms with Gasteiger partial charge in [-0.3, -0.25) is 0 Å². The van der Waals surface area contributed by atoms with E-state index in [0.717, 1.165) is 5.56 Å². The number of hydrogen-bond acceptors (Lipinski definition) is 6. The Bertz CT molecular complexity index is 330. The molecule has 1 aliphatic rings. The van der Waals surface area contributed by atoms with Crippen molar-refractivity contribution in [1.29, 1.82) is 0 Å². The van der Waals surface area contributed by atoms with Gasteiger partial charge in [0.25, 0.3) is 0 Å². The van der Waals surface area contributed by atoms with Gasteiger partial charge in [-0.05, 0) is 0 Å². The maximum absolute atomic E-state index is 9.52. The van der Waals surface area contributed by atoms with Gasteiger partial charge in [-0.1, -0.05) is 0 Å². The summed E-state index contributed by atoms with van der Waals surface area (Å²) in [7, 11) is 0. The predicted octanol–water partition coefficient (Wildman–Crippen LogP) is -0.758. The zero-order chi connectivity index (χ0) is 10.8. The quantitative estimate of drug-likeness (QED) is 0.594. The van der Waals surface area contributed by atoms with Gasteiger partial charge in [0, 0.05) is 24.4 Å². The fraction of sp³-hybridized carbons (Fsp3) is 0.556. The van der Waals surface area contributed by atoms with E-state index in [1.165, 1.54) is 0 Å². The summed E-state index contributed by atoms with van der Waals surface area (Å²) in [6.45, 7) is -0.187. The summed E-state index contributed by atoms with van der Waals surface area (Å²) < 4.78 is 5.43. The normalized spacial score (nSPS) is 30.7. The van der Waals surface area contributed by atoms with Crippen LogP contribution in [0.15, 0.2) is 12.4 Å². The molecule has 0 spiro atoms. The van der Waals surface area contributed by atoms with Crippen molar-refractivity contribution in [1.82, 2.24) is 9.97 Å². The number of nitrogens with zero attached hydrogens (tertiary/aromatic N) is 2. The van der Waals surface area contributed by atoms with Gasteiger partial charge in [0.15, 0.2) is 0 Å². The molecule has 2 rings (SSSR count). The van der Waals surface area contributed by atoms with Crippen molar-refractivity contribution in [3.8, 4) is 0 Å². The monoisotopic (exact) mass is 211 g/mol. The first-order chi connectivity index (χ1) is 7.20. The van der Waals surface area contributed by atoms with E-state index in [1.807, 2.05) is 0 Å². The van der Waals surface area contributed by atoms with Crippen molar-refractivity contribution in [2.24, 2.45) is 0 Å². The third kappa shape index (κ3) is 2.06. The van der Waals surface area contributed by atoms with Gasteiger partial charge in [-0.15, -0.1) is 0 Å². The average molecular weight is 211 g/mol. The van der Waals surface area contributed by atoms with E-state index in [1.54, 1.807) is 12.4 Å². The summed E-state index contributed by atoms with van der Waals surface area (Å²) in [6, 6.07) is 0. The number of aliphatic hydroxyl groups is 2. The molecule has 1 saturated heterocycles. The molecular weight excluding hydrogens is 198 g/mol. The molecule has 0 bridgehead atoms. The van der Waals surface area contributed by atoms with Crippen LogP contribution in [0, 0.1) is 0 Å². The van der Waals surface area contributed by atoms with E-state index in [-0.39, 0.29) is 18.7 Å². The van der Waals surface area contributed by atoms with Gasteiger partial charge in [0.2, 0.25) is 5.95 Å². The molecule has 6 heteroatoms. The first-order valence-corrected chi connectivity index (χ1v) is 4.72. The van der Waals surface area contributed by atoms with Crippen LogP contribution in [0.4, 0.5) is 5.95 Å². The largest absolute Gasteiger partial charge is 0.394 e. The highest BCUT2D eigenvalue weighted by Crippen LogP contribution is 2.32. The second-order valence-corrected chi connectivity index (χ2v) is 3.52. The SMILES string of the molecule is Nc1ncc([C@H]2C[C@@H](O)[C@@H](CO)O2)cn1. The van der Waals surface area contributed by atoms with Crippen LogP contribution < -0.4 is 5.73 Å². The lowest BCUT2D eigenvalue weighted by molar-refractivity contribution is -0.0227. The lowest BCUT2D eigenvalue weighted by atomic mass is 10.1. The third-order valence-electron chi connectivity index (χ3n) is 2.47. The molecule has 0 amide bonds. The zero-order valence-electron chi connectivity index (χ0n) is 8.08. The lowest BCUT2D eigenvalue weighted by Gasteiger charge is -2.11. The van der Waals surface area contributed by atoms with Crippen LogP contribution >= 0.6 is 0 Å². The highest BCUT2D eigenvalue weighted by Gasteiger charge is 2.34. The molecule has 1 aromatic rings. The highest BCUT2D eigenvalue weighted by atomic mass is 16.5. The van der Waals surface area contributed by atoms with Crippen LogP contribution in [0.3, 0.4) is 0 Å². The van der Waals surface area contributed by atoms with Crippen molar-refractivity contribution < 1.29 is 14.9 Å². The average Bonchev–Trinajstić information content (AvgIpc) is 2.61. The predicted molar refractivity (Wildman–Crippen MR) is 51.8 cm³/mol. The molecule has 0 unspecified atom stereocenters. The van der Waals surface area contributed by atoms with E-state index >= 15 is 0 Å². The minimum atomic E-state index is -0.641. The number of rotatable bonds is 2. The molecule has 1 aromatic heterocycles. The summed E-state index contributed by atoms with van der Waals surface area (Å²) in [5.41, 5.74) is 6.12. The Balaban J connectivity index is 2.10. The fourth-order valence-electron chi connectivity index (χ4n) is 1.62. The van der Waals surface area contributed by atoms with Crippen LogP contribution in [0.1, 0.15) is 18.1 Å². The van der Waals surface area contributed by atoms with Crippen LogP contribution in [0.25, 0.3) is 0 Å². The van der Waals surface area contributed by atoms with Crippen LogP contribution in [0.2, 0.25) is 0 Å². The number of anilines is 1. The molecular formula is C9H13N3O3. The van der Waals surface area contributed by atoms with Crippen molar-refractivity contribution in [2.75, 3.05) is 12.3 Å². The first kappa shape index (κ1) is 10.3. The Morgan fingerprint density at radius 1 is 1.47 bits per heavy atom. The molecule has 82 valence electrons. The lowest BCUT2D eigenvalue weighted by Crippen LogP contribution is -2.24. The molecule has 1 fully saturated rings. The van der Waals surface area contributed by atoms with E-state index in [2.05, 4.69) is 9.97 Å². The Morgan fingerprint density at radius 2 is 2.13 bits per heavy atom. The topological polar surface area (TPSA) is 101 Å². The maximum Gasteiger partial charge on any atom is 0.219 e. The minimum Gasteiger partial charge on any atom is -0.394 e. The second kappa shape index (κ2) is 4.09. The van der Waals surface area contributed by atoms with Crippen molar-refractivity contribution >= 4 is 5.95 Å².